The minimum Gasteiger partial charge on any atom is -0.383 e. The average molecular weight is 234 g/mol. The highest BCUT2D eigenvalue weighted by molar-refractivity contribution is 5.56. The molecule has 0 saturated heterocycles. The Morgan fingerprint density at radius 1 is 1.29 bits per heavy atom. The molecule has 0 aliphatic heterocycles. The van der Waals surface area contributed by atoms with Crippen molar-refractivity contribution in [2.75, 3.05) is 11.1 Å². The lowest BCUT2D eigenvalue weighted by molar-refractivity contribution is 0.305. The third kappa shape index (κ3) is 2.35. The first-order chi connectivity index (χ1) is 7.91. The molecule has 1 saturated carbocycles. The minimum atomic E-state index is 0.194. The summed E-state index contributed by atoms with van der Waals surface area (Å²) in [6, 6.07) is 0. The zero-order valence-corrected chi connectivity index (χ0v) is 11.2. The summed E-state index contributed by atoms with van der Waals surface area (Å²) in [5.74, 6) is 2.61. The third-order valence-electron chi connectivity index (χ3n) is 3.59. The van der Waals surface area contributed by atoms with Gasteiger partial charge in [0.05, 0.1) is 0 Å². The number of nitrogens with zero attached hydrogens (tertiary/aromatic N) is 2. The zero-order valence-electron chi connectivity index (χ0n) is 11.2. The van der Waals surface area contributed by atoms with E-state index in [1.54, 1.807) is 0 Å². The van der Waals surface area contributed by atoms with Gasteiger partial charge in [0, 0.05) is 17.0 Å². The summed E-state index contributed by atoms with van der Waals surface area (Å²) in [6.45, 7) is 8.38. The first-order valence-corrected chi connectivity index (χ1v) is 6.33. The summed E-state index contributed by atoms with van der Waals surface area (Å²) < 4.78 is 0. The largest absolute Gasteiger partial charge is 0.383 e. The van der Waals surface area contributed by atoms with Gasteiger partial charge in [0.1, 0.15) is 17.5 Å². The van der Waals surface area contributed by atoms with E-state index >= 15 is 0 Å². The first-order valence-electron chi connectivity index (χ1n) is 6.33. The fourth-order valence-corrected chi connectivity index (χ4v) is 2.05. The molecule has 0 bridgehead atoms. The van der Waals surface area contributed by atoms with Crippen molar-refractivity contribution in [3.8, 4) is 0 Å². The lowest BCUT2D eigenvalue weighted by Crippen LogP contribution is -2.42. The summed E-state index contributed by atoms with van der Waals surface area (Å²) in [5, 5.41) is 3.53. The number of nitrogen functional groups attached to an aromatic ring is 1. The number of hydrogen-bond acceptors (Lipinski definition) is 4. The molecule has 17 heavy (non-hydrogen) atoms. The Labute approximate surface area is 103 Å². The van der Waals surface area contributed by atoms with Gasteiger partial charge in [-0.2, -0.15) is 0 Å². The molecule has 4 nitrogen and oxygen atoms in total. The van der Waals surface area contributed by atoms with Gasteiger partial charge in [-0.05, 0) is 33.1 Å². The van der Waals surface area contributed by atoms with Crippen LogP contribution in [0.1, 0.15) is 57.3 Å². The van der Waals surface area contributed by atoms with E-state index in [-0.39, 0.29) is 5.54 Å². The molecule has 1 aromatic rings. The van der Waals surface area contributed by atoms with Gasteiger partial charge in [-0.15, -0.1) is 0 Å². The molecular formula is C13H22N4. The van der Waals surface area contributed by atoms with Crippen LogP contribution in [0.15, 0.2) is 0 Å². The number of hydrogen-bond donors (Lipinski definition) is 2. The van der Waals surface area contributed by atoms with Gasteiger partial charge in [0.15, 0.2) is 0 Å². The Balaban J connectivity index is 2.31. The molecule has 1 aromatic heterocycles. The maximum atomic E-state index is 5.95. The van der Waals surface area contributed by atoms with Crippen LogP contribution in [0.5, 0.6) is 0 Å². The third-order valence-corrected chi connectivity index (χ3v) is 3.59. The SMILES string of the molecule is Cc1c(N)nc(C(C)C)nc1NC1(C)CCC1. The summed E-state index contributed by atoms with van der Waals surface area (Å²) in [6.07, 6.45) is 3.70. The molecule has 0 radical (unpaired) electrons. The molecule has 1 aliphatic rings. The lowest BCUT2D eigenvalue weighted by Gasteiger charge is -2.40. The fourth-order valence-electron chi connectivity index (χ4n) is 2.05. The quantitative estimate of drug-likeness (QED) is 0.844. The maximum absolute atomic E-state index is 5.95. The van der Waals surface area contributed by atoms with Crippen LogP contribution in [-0.2, 0) is 0 Å². The molecule has 0 amide bonds. The van der Waals surface area contributed by atoms with Gasteiger partial charge in [-0.25, -0.2) is 9.97 Å². The molecule has 4 heteroatoms. The monoisotopic (exact) mass is 234 g/mol. The normalized spacial score (nSPS) is 17.9. The van der Waals surface area contributed by atoms with Crippen LogP contribution in [-0.4, -0.2) is 15.5 Å². The molecule has 0 atom stereocenters. The van der Waals surface area contributed by atoms with Crippen molar-refractivity contribution in [3.63, 3.8) is 0 Å². The zero-order chi connectivity index (χ0) is 12.6. The number of anilines is 2. The second-order valence-electron chi connectivity index (χ2n) is 5.63. The molecule has 2 rings (SSSR count). The van der Waals surface area contributed by atoms with Gasteiger partial charge in [0.25, 0.3) is 0 Å². The van der Waals surface area contributed by atoms with Crippen LogP contribution < -0.4 is 11.1 Å². The van der Waals surface area contributed by atoms with E-state index in [0.717, 1.165) is 17.2 Å². The number of nitrogens with one attached hydrogen (secondary N) is 1. The number of aromatic nitrogens is 2. The van der Waals surface area contributed by atoms with Crippen LogP contribution >= 0.6 is 0 Å². The smallest absolute Gasteiger partial charge is 0.135 e. The topological polar surface area (TPSA) is 63.8 Å². The molecule has 0 spiro atoms. The van der Waals surface area contributed by atoms with Crippen molar-refractivity contribution >= 4 is 11.6 Å². The van der Waals surface area contributed by atoms with Gasteiger partial charge >= 0.3 is 0 Å². The van der Waals surface area contributed by atoms with Crippen LogP contribution in [0, 0.1) is 6.92 Å². The van der Waals surface area contributed by atoms with Crippen molar-refractivity contribution in [3.05, 3.63) is 11.4 Å². The van der Waals surface area contributed by atoms with Crippen LogP contribution in [0.2, 0.25) is 0 Å². The molecule has 3 N–H and O–H groups in total. The van der Waals surface area contributed by atoms with E-state index in [0.29, 0.717) is 11.7 Å². The molecule has 1 fully saturated rings. The lowest BCUT2D eigenvalue weighted by atomic mass is 9.78. The van der Waals surface area contributed by atoms with Crippen LogP contribution in [0.4, 0.5) is 11.6 Å². The molecule has 0 aromatic carbocycles. The minimum absolute atomic E-state index is 0.194. The van der Waals surface area contributed by atoms with Gasteiger partial charge < -0.3 is 11.1 Å². The highest BCUT2D eigenvalue weighted by Gasteiger charge is 2.32. The summed E-state index contributed by atoms with van der Waals surface area (Å²) in [7, 11) is 0. The van der Waals surface area contributed by atoms with Crippen molar-refractivity contribution in [2.24, 2.45) is 0 Å². The molecule has 1 aliphatic carbocycles. The van der Waals surface area contributed by atoms with E-state index in [4.69, 9.17) is 5.73 Å². The van der Waals surface area contributed by atoms with Crippen LogP contribution in [0.3, 0.4) is 0 Å². The molecule has 0 unspecified atom stereocenters. The van der Waals surface area contributed by atoms with Crippen molar-refractivity contribution < 1.29 is 0 Å². The Bertz CT molecular complexity index is 422. The van der Waals surface area contributed by atoms with Gasteiger partial charge in [0.2, 0.25) is 0 Å². The van der Waals surface area contributed by atoms with Crippen LogP contribution in [0.25, 0.3) is 0 Å². The second-order valence-corrected chi connectivity index (χ2v) is 5.63. The maximum Gasteiger partial charge on any atom is 0.135 e. The Morgan fingerprint density at radius 2 is 1.94 bits per heavy atom. The highest BCUT2D eigenvalue weighted by atomic mass is 15.1. The van der Waals surface area contributed by atoms with Crippen molar-refractivity contribution in [1.29, 1.82) is 0 Å². The Morgan fingerprint density at radius 3 is 2.41 bits per heavy atom. The Hall–Kier alpha value is -1.32. The van der Waals surface area contributed by atoms with Gasteiger partial charge in [-0.1, -0.05) is 13.8 Å². The van der Waals surface area contributed by atoms with Gasteiger partial charge in [-0.3, -0.25) is 0 Å². The van der Waals surface area contributed by atoms with E-state index in [9.17, 15) is 0 Å². The van der Waals surface area contributed by atoms with Crippen molar-refractivity contribution in [2.45, 2.75) is 58.4 Å². The summed E-state index contributed by atoms with van der Waals surface area (Å²) in [5.41, 5.74) is 7.10. The summed E-state index contributed by atoms with van der Waals surface area (Å²) in [4.78, 5) is 8.93. The summed E-state index contributed by atoms with van der Waals surface area (Å²) >= 11 is 0. The van der Waals surface area contributed by atoms with E-state index < -0.39 is 0 Å². The van der Waals surface area contributed by atoms with E-state index in [1.165, 1.54) is 19.3 Å². The highest BCUT2D eigenvalue weighted by Crippen LogP contribution is 2.35. The average Bonchev–Trinajstić information content (AvgIpc) is 2.22. The number of nitrogens with two attached hydrogens (primary N) is 1. The molecule has 94 valence electrons. The fraction of sp³-hybridized carbons (Fsp3) is 0.692. The Kier molecular flexibility index (Phi) is 2.98. The first kappa shape index (κ1) is 12.1. The second kappa shape index (κ2) is 4.17. The predicted octanol–water partition coefficient (Wildman–Crippen LogP) is 2.85. The van der Waals surface area contributed by atoms with E-state index in [2.05, 4.69) is 36.1 Å². The van der Waals surface area contributed by atoms with Crippen molar-refractivity contribution in [1.82, 2.24) is 9.97 Å². The van der Waals surface area contributed by atoms with E-state index in [1.807, 2.05) is 6.92 Å². The molecule has 1 heterocycles. The predicted molar refractivity (Wildman–Crippen MR) is 71.1 cm³/mol. The standard InChI is InChI=1S/C13H22N4/c1-8(2)11-15-10(14)9(3)12(16-11)17-13(4)6-5-7-13/h8H,5-7H2,1-4H3,(H3,14,15,16,17). The number of rotatable bonds is 3. The molecular weight excluding hydrogens is 212 g/mol.